The van der Waals surface area contributed by atoms with Gasteiger partial charge in [0.15, 0.2) is 5.82 Å². The van der Waals surface area contributed by atoms with Crippen molar-refractivity contribution in [2.45, 2.75) is 6.92 Å². The third-order valence-corrected chi connectivity index (χ3v) is 2.15. The molecule has 0 unspecified atom stereocenters. The third kappa shape index (κ3) is 2.91. The Morgan fingerprint density at radius 2 is 1.73 bits per heavy atom. The van der Waals surface area contributed by atoms with Crippen molar-refractivity contribution < 1.29 is 0 Å². The van der Waals surface area contributed by atoms with Crippen LogP contribution in [-0.2, 0) is 0 Å². The summed E-state index contributed by atoms with van der Waals surface area (Å²) in [6.07, 6.45) is 1.76. The average molecular weight is 241 g/mol. The standard InChI is InChI=1S/C11H9ClN2.ClH/c1-8-6-7-13-11(14-8)9-2-4-10(12)5-3-9;/h2-7H,1H3;1H. The number of aromatic nitrogens is 2. The van der Waals surface area contributed by atoms with Gasteiger partial charge in [-0.3, -0.25) is 0 Å². The van der Waals surface area contributed by atoms with Gasteiger partial charge in [0, 0.05) is 22.5 Å². The van der Waals surface area contributed by atoms with Crippen molar-refractivity contribution in [2.75, 3.05) is 0 Å². The Balaban J connectivity index is 0.00000112. The van der Waals surface area contributed by atoms with Crippen molar-refractivity contribution in [1.82, 2.24) is 9.97 Å². The number of aryl methyl sites for hydroxylation is 1. The van der Waals surface area contributed by atoms with E-state index in [-0.39, 0.29) is 12.4 Å². The fourth-order valence-electron chi connectivity index (χ4n) is 1.19. The second-order valence-corrected chi connectivity index (χ2v) is 3.46. The molecule has 0 aliphatic heterocycles. The summed E-state index contributed by atoms with van der Waals surface area (Å²) in [7, 11) is 0. The van der Waals surface area contributed by atoms with Crippen LogP contribution in [0.25, 0.3) is 11.4 Å². The maximum atomic E-state index is 5.79. The van der Waals surface area contributed by atoms with Gasteiger partial charge in [-0.2, -0.15) is 0 Å². The van der Waals surface area contributed by atoms with Gasteiger partial charge in [-0.1, -0.05) is 11.6 Å². The molecule has 2 aromatic rings. The molecule has 1 heterocycles. The highest BCUT2D eigenvalue weighted by molar-refractivity contribution is 6.30. The van der Waals surface area contributed by atoms with Crippen LogP contribution in [-0.4, -0.2) is 9.97 Å². The fourth-order valence-corrected chi connectivity index (χ4v) is 1.31. The zero-order chi connectivity index (χ0) is 9.97. The number of rotatable bonds is 1. The van der Waals surface area contributed by atoms with Crippen LogP contribution < -0.4 is 0 Å². The molecule has 0 radical (unpaired) electrons. The number of nitrogens with zero attached hydrogens (tertiary/aromatic N) is 2. The van der Waals surface area contributed by atoms with Crippen LogP contribution in [0.1, 0.15) is 5.69 Å². The minimum atomic E-state index is 0. The molecule has 2 rings (SSSR count). The Morgan fingerprint density at radius 1 is 1.07 bits per heavy atom. The van der Waals surface area contributed by atoms with Gasteiger partial charge in [0.2, 0.25) is 0 Å². The smallest absolute Gasteiger partial charge is 0.159 e. The molecule has 2 nitrogen and oxygen atoms in total. The molecule has 15 heavy (non-hydrogen) atoms. The normalized spacial score (nSPS) is 9.47. The van der Waals surface area contributed by atoms with E-state index in [4.69, 9.17) is 11.6 Å². The quantitative estimate of drug-likeness (QED) is 0.763. The van der Waals surface area contributed by atoms with E-state index in [0.29, 0.717) is 0 Å². The first-order valence-corrected chi connectivity index (χ1v) is 4.69. The van der Waals surface area contributed by atoms with Gasteiger partial charge in [-0.25, -0.2) is 9.97 Å². The summed E-state index contributed by atoms with van der Waals surface area (Å²) in [5, 5.41) is 0.724. The summed E-state index contributed by atoms with van der Waals surface area (Å²) < 4.78 is 0. The monoisotopic (exact) mass is 240 g/mol. The molecule has 1 aromatic heterocycles. The van der Waals surface area contributed by atoms with Crippen LogP contribution in [0.4, 0.5) is 0 Å². The van der Waals surface area contributed by atoms with Gasteiger partial charge in [0.05, 0.1) is 0 Å². The molecule has 0 amide bonds. The molecule has 0 atom stereocenters. The molecule has 78 valence electrons. The van der Waals surface area contributed by atoms with Gasteiger partial charge >= 0.3 is 0 Å². The van der Waals surface area contributed by atoms with Crippen molar-refractivity contribution in [3.05, 3.63) is 47.2 Å². The Morgan fingerprint density at radius 3 is 2.33 bits per heavy atom. The Kier molecular flexibility index (Phi) is 4.06. The maximum Gasteiger partial charge on any atom is 0.159 e. The van der Waals surface area contributed by atoms with E-state index in [1.54, 1.807) is 6.20 Å². The first-order valence-electron chi connectivity index (χ1n) is 4.31. The van der Waals surface area contributed by atoms with E-state index in [1.165, 1.54) is 0 Å². The van der Waals surface area contributed by atoms with Crippen molar-refractivity contribution in [1.29, 1.82) is 0 Å². The van der Waals surface area contributed by atoms with Crippen LogP contribution in [0.5, 0.6) is 0 Å². The second kappa shape index (κ2) is 5.10. The van der Waals surface area contributed by atoms with E-state index in [0.717, 1.165) is 22.1 Å². The maximum absolute atomic E-state index is 5.79. The molecule has 1 aromatic carbocycles. The molecule has 0 saturated heterocycles. The number of hydrogen-bond acceptors (Lipinski definition) is 2. The number of halogens is 2. The van der Waals surface area contributed by atoms with Gasteiger partial charge < -0.3 is 0 Å². The highest BCUT2D eigenvalue weighted by atomic mass is 35.5. The Labute approximate surface area is 99.7 Å². The van der Waals surface area contributed by atoms with Crippen LogP contribution in [0.2, 0.25) is 5.02 Å². The van der Waals surface area contributed by atoms with E-state index in [9.17, 15) is 0 Å². The second-order valence-electron chi connectivity index (χ2n) is 3.03. The molecule has 0 N–H and O–H groups in total. The lowest BCUT2D eigenvalue weighted by atomic mass is 10.2. The molecule has 0 fully saturated rings. The SMILES string of the molecule is Cc1ccnc(-c2ccc(Cl)cc2)n1.Cl. The predicted molar refractivity (Wildman–Crippen MR) is 64.5 cm³/mol. The van der Waals surface area contributed by atoms with Crippen LogP contribution in [0.3, 0.4) is 0 Å². The predicted octanol–water partition coefficient (Wildman–Crippen LogP) is 3.53. The molecule has 0 aliphatic carbocycles. The van der Waals surface area contributed by atoms with Gasteiger partial charge in [-0.05, 0) is 37.3 Å². The summed E-state index contributed by atoms with van der Waals surface area (Å²) in [4.78, 5) is 8.50. The summed E-state index contributed by atoms with van der Waals surface area (Å²) >= 11 is 5.79. The average Bonchev–Trinajstić information content (AvgIpc) is 2.19. The summed E-state index contributed by atoms with van der Waals surface area (Å²) in [5.74, 6) is 0.738. The zero-order valence-electron chi connectivity index (χ0n) is 8.14. The Hall–Kier alpha value is -1.12. The minimum absolute atomic E-state index is 0. The fraction of sp³-hybridized carbons (Fsp3) is 0.0909. The van der Waals surface area contributed by atoms with Gasteiger partial charge in [-0.15, -0.1) is 12.4 Å². The third-order valence-electron chi connectivity index (χ3n) is 1.90. The molecule has 0 spiro atoms. The summed E-state index contributed by atoms with van der Waals surface area (Å²) in [6, 6.07) is 9.37. The first kappa shape index (κ1) is 12.0. The lowest BCUT2D eigenvalue weighted by Crippen LogP contribution is -1.89. The molecule has 4 heteroatoms. The zero-order valence-corrected chi connectivity index (χ0v) is 9.72. The Bertz CT molecular complexity index is 441. The lowest BCUT2D eigenvalue weighted by Gasteiger charge is -2.00. The highest BCUT2D eigenvalue weighted by Gasteiger charge is 1.99. The topological polar surface area (TPSA) is 25.8 Å². The van der Waals surface area contributed by atoms with Crippen molar-refractivity contribution in [3.8, 4) is 11.4 Å². The molecule has 0 saturated carbocycles. The molecule has 0 aliphatic rings. The van der Waals surface area contributed by atoms with E-state index < -0.39 is 0 Å². The van der Waals surface area contributed by atoms with E-state index >= 15 is 0 Å². The summed E-state index contributed by atoms with van der Waals surface area (Å²) in [5.41, 5.74) is 1.95. The van der Waals surface area contributed by atoms with Gasteiger partial charge in [0.25, 0.3) is 0 Å². The summed E-state index contributed by atoms with van der Waals surface area (Å²) in [6.45, 7) is 1.95. The van der Waals surface area contributed by atoms with Crippen LogP contribution in [0, 0.1) is 6.92 Å². The van der Waals surface area contributed by atoms with Crippen LogP contribution in [0.15, 0.2) is 36.5 Å². The van der Waals surface area contributed by atoms with Crippen molar-refractivity contribution in [3.63, 3.8) is 0 Å². The molecule has 0 bridgehead atoms. The van der Waals surface area contributed by atoms with Crippen molar-refractivity contribution >= 4 is 24.0 Å². The highest BCUT2D eigenvalue weighted by Crippen LogP contribution is 2.17. The van der Waals surface area contributed by atoms with E-state index in [1.807, 2.05) is 37.3 Å². The molecular formula is C11H10Cl2N2. The first-order chi connectivity index (χ1) is 6.75. The number of hydrogen-bond donors (Lipinski definition) is 0. The minimum Gasteiger partial charge on any atom is -0.237 e. The number of benzene rings is 1. The largest absolute Gasteiger partial charge is 0.237 e. The molecular weight excluding hydrogens is 231 g/mol. The van der Waals surface area contributed by atoms with Crippen molar-refractivity contribution in [2.24, 2.45) is 0 Å². The lowest BCUT2D eigenvalue weighted by molar-refractivity contribution is 1.11. The van der Waals surface area contributed by atoms with Gasteiger partial charge in [0.1, 0.15) is 0 Å². The van der Waals surface area contributed by atoms with Crippen LogP contribution >= 0.6 is 24.0 Å². The van der Waals surface area contributed by atoms with E-state index in [2.05, 4.69) is 9.97 Å².